The molecular weight excluding hydrogens is 226 g/mol. The van der Waals surface area contributed by atoms with E-state index < -0.39 is 0 Å². The molecule has 1 heterocycles. The van der Waals surface area contributed by atoms with E-state index in [2.05, 4.69) is 50.2 Å². The lowest BCUT2D eigenvalue weighted by atomic mass is 10.1. The first-order valence-corrected chi connectivity index (χ1v) is 7.00. The van der Waals surface area contributed by atoms with Gasteiger partial charge in [-0.2, -0.15) is 0 Å². The Morgan fingerprint density at radius 3 is 2.35 bits per heavy atom. The zero-order chi connectivity index (χ0) is 12.3. The summed E-state index contributed by atoms with van der Waals surface area (Å²) in [6.07, 6.45) is 2.09. The molecule has 0 aliphatic rings. The average Bonchev–Trinajstić information content (AvgIpc) is 2.87. The van der Waals surface area contributed by atoms with E-state index >= 15 is 0 Å². The standard InChI is InChI=1S/C15H19NS/c1-3-11-5-7-12(8-6-11)14-9-10-15(17-14)13(16)4-2/h5-10,13H,3-4,16H2,1-2H3. The van der Waals surface area contributed by atoms with Gasteiger partial charge in [-0.25, -0.2) is 0 Å². The second kappa shape index (κ2) is 5.48. The number of rotatable bonds is 4. The van der Waals surface area contributed by atoms with Crippen molar-refractivity contribution in [2.24, 2.45) is 5.73 Å². The molecule has 17 heavy (non-hydrogen) atoms. The van der Waals surface area contributed by atoms with Gasteiger partial charge in [0.05, 0.1) is 0 Å². The van der Waals surface area contributed by atoms with Crippen LogP contribution in [0.5, 0.6) is 0 Å². The molecule has 1 atom stereocenters. The molecule has 0 aliphatic carbocycles. The predicted molar refractivity (Wildman–Crippen MR) is 76.4 cm³/mol. The fourth-order valence-electron chi connectivity index (χ4n) is 1.81. The van der Waals surface area contributed by atoms with Crippen LogP contribution in [0, 0.1) is 0 Å². The summed E-state index contributed by atoms with van der Waals surface area (Å²) in [5.41, 5.74) is 8.72. The minimum absolute atomic E-state index is 0.184. The number of hydrogen-bond acceptors (Lipinski definition) is 2. The van der Waals surface area contributed by atoms with Crippen LogP contribution in [0.1, 0.15) is 36.8 Å². The normalized spacial score (nSPS) is 12.6. The van der Waals surface area contributed by atoms with Crippen LogP contribution in [0.15, 0.2) is 36.4 Å². The van der Waals surface area contributed by atoms with Crippen molar-refractivity contribution in [3.8, 4) is 10.4 Å². The molecule has 0 amide bonds. The Morgan fingerprint density at radius 1 is 1.06 bits per heavy atom. The van der Waals surface area contributed by atoms with Crippen molar-refractivity contribution in [1.29, 1.82) is 0 Å². The van der Waals surface area contributed by atoms with Crippen molar-refractivity contribution < 1.29 is 0 Å². The van der Waals surface area contributed by atoms with Gasteiger partial charge in [-0.15, -0.1) is 11.3 Å². The van der Waals surface area contributed by atoms with Crippen molar-refractivity contribution in [3.05, 3.63) is 46.8 Å². The Morgan fingerprint density at radius 2 is 1.76 bits per heavy atom. The molecule has 0 saturated heterocycles. The topological polar surface area (TPSA) is 26.0 Å². The molecule has 2 N–H and O–H groups in total. The van der Waals surface area contributed by atoms with E-state index in [1.807, 2.05) is 11.3 Å². The van der Waals surface area contributed by atoms with E-state index in [0.29, 0.717) is 0 Å². The molecular formula is C15H19NS. The Balaban J connectivity index is 2.24. The Hall–Kier alpha value is -1.12. The van der Waals surface area contributed by atoms with Crippen LogP contribution in [-0.4, -0.2) is 0 Å². The van der Waals surface area contributed by atoms with Crippen LogP contribution in [0.3, 0.4) is 0 Å². The van der Waals surface area contributed by atoms with Crippen LogP contribution < -0.4 is 5.73 Å². The summed E-state index contributed by atoms with van der Waals surface area (Å²) >= 11 is 1.81. The van der Waals surface area contributed by atoms with Crippen molar-refractivity contribution in [1.82, 2.24) is 0 Å². The Labute approximate surface area is 107 Å². The van der Waals surface area contributed by atoms with Crippen molar-refractivity contribution in [3.63, 3.8) is 0 Å². The van der Waals surface area contributed by atoms with E-state index in [9.17, 15) is 0 Å². The highest BCUT2D eigenvalue weighted by Crippen LogP contribution is 2.31. The molecule has 2 aromatic rings. The van der Waals surface area contributed by atoms with Crippen LogP contribution in [0.4, 0.5) is 0 Å². The number of aryl methyl sites for hydroxylation is 1. The third-order valence-electron chi connectivity index (χ3n) is 3.08. The molecule has 0 fully saturated rings. The van der Waals surface area contributed by atoms with E-state index in [1.165, 1.54) is 20.9 Å². The van der Waals surface area contributed by atoms with Gasteiger partial charge in [0.2, 0.25) is 0 Å². The van der Waals surface area contributed by atoms with Gasteiger partial charge in [-0.1, -0.05) is 38.1 Å². The molecule has 0 saturated carbocycles. The van der Waals surface area contributed by atoms with Gasteiger partial charge in [-0.3, -0.25) is 0 Å². The maximum absolute atomic E-state index is 6.04. The van der Waals surface area contributed by atoms with Crippen LogP contribution >= 0.6 is 11.3 Å². The lowest BCUT2D eigenvalue weighted by Crippen LogP contribution is -2.05. The number of hydrogen-bond donors (Lipinski definition) is 1. The second-order valence-corrected chi connectivity index (χ2v) is 5.38. The Kier molecular flexibility index (Phi) is 3.97. The molecule has 1 aromatic heterocycles. The largest absolute Gasteiger partial charge is 0.323 e. The highest BCUT2D eigenvalue weighted by Gasteiger charge is 2.08. The van der Waals surface area contributed by atoms with Gasteiger partial charge in [0, 0.05) is 15.8 Å². The first kappa shape index (κ1) is 12.3. The highest BCUT2D eigenvalue weighted by atomic mass is 32.1. The van der Waals surface area contributed by atoms with Crippen molar-refractivity contribution in [2.45, 2.75) is 32.7 Å². The van der Waals surface area contributed by atoms with E-state index in [4.69, 9.17) is 5.73 Å². The molecule has 0 aliphatic heterocycles. The third kappa shape index (κ3) is 2.76. The first-order valence-electron chi connectivity index (χ1n) is 6.19. The lowest BCUT2D eigenvalue weighted by Gasteiger charge is -2.04. The summed E-state index contributed by atoms with van der Waals surface area (Å²) in [4.78, 5) is 2.59. The molecule has 90 valence electrons. The monoisotopic (exact) mass is 245 g/mol. The van der Waals surface area contributed by atoms with Gasteiger partial charge < -0.3 is 5.73 Å². The molecule has 1 nitrogen and oxygen atoms in total. The zero-order valence-electron chi connectivity index (χ0n) is 10.4. The number of nitrogens with two attached hydrogens (primary N) is 1. The van der Waals surface area contributed by atoms with Crippen molar-refractivity contribution in [2.75, 3.05) is 0 Å². The zero-order valence-corrected chi connectivity index (χ0v) is 11.3. The van der Waals surface area contributed by atoms with Gasteiger partial charge in [0.25, 0.3) is 0 Å². The average molecular weight is 245 g/mol. The summed E-state index contributed by atoms with van der Waals surface area (Å²) in [5.74, 6) is 0. The van der Waals surface area contributed by atoms with Gasteiger partial charge in [0.15, 0.2) is 0 Å². The minimum Gasteiger partial charge on any atom is -0.323 e. The number of benzene rings is 1. The molecule has 0 bridgehead atoms. The summed E-state index contributed by atoms with van der Waals surface area (Å²) < 4.78 is 0. The summed E-state index contributed by atoms with van der Waals surface area (Å²) in [6.45, 7) is 4.30. The first-order chi connectivity index (χ1) is 8.24. The molecule has 0 spiro atoms. The fourth-order valence-corrected chi connectivity index (χ4v) is 2.91. The maximum atomic E-state index is 6.04. The van der Waals surface area contributed by atoms with Gasteiger partial charge in [-0.05, 0) is 36.1 Å². The minimum atomic E-state index is 0.184. The predicted octanol–water partition coefficient (Wildman–Crippen LogP) is 4.39. The lowest BCUT2D eigenvalue weighted by molar-refractivity contribution is 0.712. The quantitative estimate of drug-likeness (QED) is 0.849. The number of thiophene rings is 1. The summed E-state index contributed by atoms with van der Waals surface area (Å²) in [5, 5.41) is 0. The van der Waals surface area contributed by atoms with Crippen molar-refractivity contribution >= 4 is 11.3 Å². The van der Waals surface area contributed by atoms with Crippen LogP contribution in [0.25, 0.3) is 10.4 Å². The highest BCUT2D eigenvalue weighted by molar-refractivity contribution is 7.15. The molecule has 1 unspecified atom stereocenters. The molecule has 2 heteroatoms. The molecule has 1 aromatic carbocycles. The maximum Gasteiger partial charge on any atom is 0.0387 e. The smallest absolute Gasteiger partial charge is 0.0387 e. The molecule has 0 radical (unpaired) electrons. The van der Waals surface area contributed by atoms with E-state index in [-0.39, 0.29) is 6.04 Å². The van der Waals surface area contributed by atoms with Gasteiger partial charge >= 0.3 is 0 Å². The van der Waals surface area contributed by atoms with Crippen LogP contribution in [0.2, 0.25) is 0 Å². The SMILES string of the molecule is CCc1ccc(-c2ccc(C(N)CC)s2)cc1. The Bertz CT molecular complexity index is 470. The fraction of sp³-hybridized carbons (Fsp3) is 0.333. The van der Waals surface area contributed by atoms with Crippen LogP contribution in [-0.2, 0) is 6.42 Å². The van der Waals surface area contributed by atoms with Gasteiger partial charge in [0.1, 0.15) is 0 Å². The molecule has 2 rings (SSSR count). The summed E-state index contributed by atoms with van der Waals surface area (Å²) in [6, 6.07) is 13.3. The summed E-state index contributed by atoms with van der Waals surface area (Å²) in [7, 11) is 0. The second-order valence-electron chi connectivity index (χ2n) is 4.27. The van der Waals surface area contributed by atoms with E-state index in [0.717, 1.165) is 12.8 Å². The van der Waals surface area contributed by atoms with E-state index in [1.54, 1.807) is 0 Å². The third-order valence-corrected chi connectivity index (χ3v) is 4.34.